The SMILES string of the molecule is COC(=O)CCN1C(=O)C(SCCNS(=O)(=O)c2cccc3c(N(C)C)cccc23)=C(SCCN(C)S(=O)(=O)c2cccc3c(N(C)C)cccc23)C1=O. The van der Waals surface area contributed by atoms with Crippen molar-refractivity contribution in [1.29, 1.82) is 0 Å². The van der Waals surface area contributed by atoms with E-state index in [1.54, 1.807) is 36.4 Å². The molecular weight excluding hydrogens is 771 g/mol. The van der Waals surface area contributed by atoms with Crippen molar-refractivity contribution in [1.82, 2.24) is 13.9 Å². The maximum Gasteiger partial charge on any atom is 0.307 e. The number of carbonyl (C=O) groups is 3. The van der Waals surface area contributed by atoms with E-state index < -0.39 is 37.8 Å². The zero-order valence-electron chi connectivity index (χ0n) is 30.9. The summed E-state index contributed by atoms with van der Waals surface area (Å²) in [6.45, 7) is -0.239. The fraction of sp³-hybridized carbons (Fsp3) is 0.324. The molecule has 1 aliphatic rings. The zero-order valence-corrected chi connectivity index (χ0v) is 34.1. The highest BCUT2D eigenvalue weighted by Gasteiger charge is 2.39. The Morgan fingerprint density at radius 2 is 1.19 bits per heavy atom. The molecule has 17 heteroatoms. The second-order valence-corrected chi connectivity index (χ2v) is 18.7. The van der Waals surface area contributed by atoms with Crippen LogP contribution in [0.25, 0.3) is 21.5 Å². The molecule has 0 atom stereocenters. The molecule has 54 heavy (non-hydrogen) atoms. The monoisotopic (exact) mass is 813 g/mol. The van der Waals surface area contributed by atoms with E-state index in [9.17, 15) is 31.2 Å². The van der Waals surface area contributed by atoms with Gasteiger partial charge in [0, 0.05) is 99.3 Å². The lowest BCUT2D eigenvalue weighted by Gasteiger charge is -2.20. The lowest BCUT2D eigenvalue weighted by atomic mass is 10.1. The van der Waals surface area contributed by atoms with Gasteiger partial charge in [-0.25, -0.2) is 25.9 Å². The highest BCUT2D eigenvalue weighted by molar-refractivity contribution is 8.08. The van der Waals surface area contributed by atoms with Gasteiger partial charge in [0.1, 0.15) is 0 Å². The van der Waals surface area contributed by atoms with Crippen molar-refractivity contribution in [3.8, 4) is 0 Å². The Labute approximate surface area is 324 Å². The quantitative estimate of drug-likeness (QED) is 0.0918. The van der Waals surface area contributed by atoms with Crippen LogP contribution in [-0.2, 0) is 39.2 Å². The van der Waals surface area contributed by atoms with Gasteiger partial charge in [-0.05, 0) is 24.3 Å². The van der Waals surface area contributed by atoms with Crippen LogP contribution < -0.4 is 14.5 Å². The van der Waals surface area contributed by atoms with Gasteiger partial charge >= 0.3 is 5.97 Å². The van der Waals surface area contributed by atoms with E-state index in [0.29, 0.717) is 10.8 Å². The number of amides is 2. The summed E-state index contributed by atoms with van der Waals surface area (Å²) in [6, 6.07) is 21.1. The summed E-state index contributed by atoms with van der Waals surface area (Å²) in [6.07, 6.45) is -0.203. The third kappa shape index (κ3) is 8.56. The molecule has 13 nitrogen and oxygen atoms in total. The number of carbonyl (C=O) groups excluding carboxylic acids is 3. The Kier molecular flexibility index (Phi) is 13.0. The van der Waals surface area contributed by atoms with Gasteiger partial charge in [0.05, 0.1) is 33.1 Å². The van der Waals surface area contributed by atoms with Gasteiger partial charge in [0.25, 0.3) is 11.8 Å². The molecule has 288 valence electrons. The van der Waals surface area contributed by atoms with Crippen LogP contribution >= 0.6 is 23.5 Å². The largest absolute Gasteiger partial charge is 0.469 e. The predicted molar refractivity (Wildman–Crippen MR) is 217 cm³/mol. The number of esters is 1. The number of anilines is 2. The van der Waals surface area contributed by atoms with E-state index in [1.165, 1.54) is 24.5 Å². The lowest BCUT2D eigenvalue weighted by Crippen LogP contribution is -2.34. The van der Waals surface area contributed by atoms with Gasteiger partial charge in [-0.1, -0.05) is 48.5 Å². The smallest absolute Gasteiger partial charge is 0.307 e. The van der Waals surface area contributed by atoms with Crippen molar-refractivity contribution < 1.29 is 36.0 Å². The predicted octanol–water partition coefficient (Wildman–Crippen LogP) is 4.33. The molecule has 0 radical (unpaired) electrons. The van der Waals surface area contributed by atoms with Crippen LogP contribution in [0.4, 0.5) is 11.4 Å². The number of fused-ring (bicyclic) bond motifs is 2. The fourth-order valence-corrected chi connectivity index (χ4v) is 11.1. The number of sulfonamides is 2. The molecule has 0 spiro atoms. The normalized spacial score (nSPS) is 13.8. The van der Waals surface area contributed by atoms with Crippen molar-refractivity contribution in [2.45, 2.75) is 16.2 Å². The van der Waals surface area contributed by atoms with Crippen LogP contribution in [0.2, 0.25) is 0 Å². The summed E-state index contributed by atoms with van der Waals surface area (Å²) in [7, 11) is 2.30. The molecule has 0 bridgehead atoms. The molecule has 0 saturated carbocycles. The summed E-state index contributed by atoms with van der Waals surface area (Å²) in [5.41, 5.74) is 1.75. The van der Waals surface area contributed by atoms with Gasteiger partial charge in [-0.3, -0.25) is 19.3 Å². The molecule has 1 aliphatic heterocycles. The molecule has 0 saturated heterocycles. The van der Waals surface area contributed by atoms with E-state index in [0.717, 1.165) is 50.6 Å². The van der Waals surface area contributed by atoms with Crippen LogP contribution in [-0.4, -0.2) is 117 Å². The third-order valence-corrected chi connectivity index (χ3v) is 14.5. The Morgan fingerprint density at radius 1 is 0.704 bits per heavy atom. The second-order valence-electron chi connectivity index (χ2n) is 12.7. The maximum absolute atomic E-state index is 13.8. The van der Waals surface area contributed by atoms with Crippen LogP contribution in [0.1, 0.15) is 6.42 Å². The van der Waals surface area contributed by atoms with E-state index in [4.69, 9.17) is 0 Å². The number of thioether (sulfide) groups is 2. The second kappa shape index (κ2) is 17.1. The number of nitrogens with zero attached hydrogens (tertiary/aromatic N) is 4. The van der Waals surface area contributed by atoms with Crippen molar-refractivity contribution >= 4 is 94.3 Å². The summed E-state index contributed by atoms with van der Waals surface area (Å²) in [5.74, 6) is -1.57. The van der Waals surface area contributed by atoms with E-state index in [-0.39, 0.29) is 57.2 Å². The minimum absolute atomic E-state index is 0.0161. The number of nitrogens with one attached hydrogen (secondary N) is 1. The number of ether oxygens (including phenoxy) is 1. The minimum Gasteiger partial charge on any atom is -0.469 e. The van der Waals surface area contributed by atoms with E-state index >= 15 is 0 Å². The summed E-state index contributed by atoms with van der Waals surface area (Å²) in [4.78, 5) is 44.2. The lowest BCUT2D eigenvalue weighted by molar-refractivity contribution is -0.142. The number of methoxy groups -OCH3 is 1. The molecule has 2 amide bonds. The molecule has 0 aromatic heterocycles. The van der Waals surface area contributed by atoms with E-state index in [2.05, 4.69) is 9.46 Å². The zero-order chi connectivity index (χ0) is 39.4. The fourth-order valence-electron chi connectivity index (χ4n) is 6.03. The van der Waals surface area contributed by atoms with Gasteiger partial charge in [-0.15, -0.1) is 23.5 Å². The molecular formula is C37H43N5O8S4. The Balaban J connectivity index is 1.31. The summed E-state index contributed by atoms with van der Waals surface area (Å²) < 4.78 is 63.0. The van der Waals surface area contributed by atoms with Crippen molar-refractivity contribution in [2.24, 2.45) is 0 Å². The van der Waals surface area contributed by atoms with Gasteiger partial charge in [0.15, 0.2) is 0 Å². The standard InChI is InChI=1S/C37H43N5O8S4/c1-39(2)29-15-7-13-27-25(29)11-9-17-31(27)53(46,47)38-20-23-51-34-35(37(45)42(36(34)44)21-19-33(43)50-6)52-24-22-41(5)54(48,49)32-18-10-12-26-28(32)14-8-16-30(26)40(3)4/h7-18,38H,19-24H2,1-6H3. The molecule has 1 heterocycles. The minimum atomic E-state index is -3.96. The first kappa shape index (κ1) is 41.0. The Morgan fingerprint density at radius 3 is 1.72 bits per heavy atom. The highest BCUT2D eigenvalue weighted by atomic mass is 32.2. The molecule has 0 aliphatic carbocycles. The molecule has 5 rings (SSSR count). The van der Waals surface area contributed by atoms with Crippen LogP contribution in [0.3, 0.4) is 0 Å². The number of benzene rings is 4. The average Bonchev–Trinajstić information content (AvgIpc) is 3.37. The first-order valence-corrected chi connectivity index (χ1v) is 21.8. The molecule has 0 fully saturated rings. The molecule has 4 aromatic carbocycles. The van der Waals surface area contributed by atoms with Gasteiger partial charge in [0.2, 0.25) is 20.0 Å². The van der Waals surface area contributed by atoms with Crippen molar-refractivity contribution in [3.05, 3.63) is 82.6 Å². The van der Waals surface area contributed by atoms with Crippen molar-refractivity contribution in [3.63, 3.8) is 0 Å². The first-order valence-electron chi connectivity index (χ1n) is 16.9. The highest BCUT2D eigenvalue weighted by Crippen LogP contribution is 2.37. The van der Waals surface area contributed by atoms with Crippen molar-refractivity contribution in [2.75, 3.05) is 83.3 Å². The van der Waals surface area contributed by atoms with Gasteiger partial charge < -0.3 is 14.5 Å². The van der Waals surface area contributed by atoms with Gasteiger partial charge in [-0.2, -0.15) is 0 Å². The summed E-state index contributed by atoms with van der Waals surface area (Å²) in [5, 5.41) is 2.71. The topological polar surface area (TPSA) is 154 Å². The molecule has 4 aromatic rings. The number of imide groups is 1. The Hall–Kier alpha value is -4.13. The number of hydrogen-bond donors (Lipinski definition) is 1. The number of rotatable bonds is 17. The van der Waals surface area contributed by atoms with Crippen LogP contribution in [0.5, 0.6) is 0 Å². The third-order valence-electron chi connectivity index (χ3n) is 8.80. The molecule has 1 N–H and O–H groups in total. The summed E-state index contributed by atoms with van der Waals surface area (Å²) >= 11 is 2.06. The molecule has 0 unspecified atom stereocenters. The maximum atomic E-state index is 13.8. The number of hydrogen-bond acceptors (Lipinski definition) is 12. The van der Waals surface area contributed by atoms with E-state index in [1.807, 2.05) is 68.3 Å². The first-order chi connectivity index (χ1) is 25.6. The Bertz CT molecular complexity index is 2350. The van der Waals surface area contributed by atoms with Crippen LogP contribution in [0.15, 0.2) is 92.4 Å². The van der Waals surface area contributed by atoms with Crippen LogP contribution in [0, 0.1) is 0 Å². The average molecular weight is 814 g/mol.